The maximum Gasteiger partial charge on any atom is 0.419 e. The van der Waals surface area contributed by atoms with Crippen LogP contribution in [-0.2, 0) is 9.53 Å². The summed E-state index contributed by atoms with van der Waals surface area (Å²) in [6.45, 7) is 2.97. The molecule has 0 aliphatic carbocycles. The first kappa shape index (κ1) is 16.9. The number of nitrogens with one attached hydrogen (secondary N) is 2. The van der Waals surface area contributed by atoms with E-state index in [9.17, 15) is 22.8 Å². The van der Waals surface area contributed by atoms with Gasteiger partial charge in [0.2, 0.25) is 6.04 Å². The van der Waals surface area contributed by atoms with E-state index in [1.807, 2.05) is 0 Å². The van der Waals surface area contributed by atoms with E-state index < -0.39 is 24.1 Å². The van der Waals surface area contributed by atoms with Crippen molar-refractivity contribution in [1.29, 1.82) is 0 Å². The largest absolute Gasteiger partial charge is 0.464 e. The van der Waals surface area contributed by atoms with Crippen molar-refractivity contribution in [2.75, 3.05) is 6.61 Å². The van der Waals surface area contributed by atoms with Gasteiger partial charge in [-0.25, -0.2) is 4.79 Å². The number of amides is 1. The molecule has 1 atom stereocenters. The molecular formula is C15H15F3N2O3. The van der Waals surface area contributed by atoms with E-state index in [0.29, 0.717) is 10.9 Å². The molecule has 2 aromatic rings. The molecule has 8 heteroatoms. The van der Waals surface area contributed by atoms with Crippen molar-refractivity contribution >= 4 is 22.8 Å². The Hall–Kier alpha value is -2.51. The van der Waals surface area contributed by atoms with Gasteiger partial charge in [-0.2, -0.15) is 13.2 Å². The van der Waals surface area contributed by atoms with Crippen molar-refractivity contribution in [3.63, 3.8) is 0 Å². The van der Waals surface area contributed by atoms with Gasteiger partial charge in [0.1, 0.15) is 5.69 Å². The molecule has 0 saturated carbocycles. The zero-order chi connectivity index (χ0) is 17.2. The molecule has 2 N–H and O–H groups in total. The molecule has 23 heavy (non-hydrogen) atoms. The maximum absolute atomic E-state index is 12.9. The number of H-pyrrole nitrogens is 1. The molecule has 0 saturated heterocycles. The summed E-state index contributed by atoms with van der Waals surface area (Å²) in [7, 11) is 0. The number of carbonyl (C=O) groups is 2. The van der Waals surface area contributed by atoms with Crippen molar-refractivity contribution in [2.45, 2.75) is 26.1 Å². The smallest absolute Gasteiger partial charge is 0.419 e. The van der Waals surface area contributed by atoms with Gasteiger partial charge in [-0.05, 0) is 25.5 Å². The second kappa shape index (κ2) is 6.31. The number of aromatic nitrogens is 1. The number of esters is 1. The van der Waals surface area contributed by atoms with Crippen LogP contribution in [-0.4, -0.2) is 35.7 Å². The van der Waals surface area contributed by atoms with Crippen LogP contribution in [0.15, 0.2) is 24.3 Å². The minimum Gasteiger partial charge on any atom is -0.464 e. The molecule has 0 fully saturated rings. The standard InChI is InChI=1S/C15H15F3N2O3/c1-3-23-14(22)12(15(16,17)18)20-13(21)10-7-9-6-4-5-8(2)11(9)19-10/h4-7,12,19H,3H2,1-2H3,(H,20,21). The van der Waals surface area contributed by atoms with E-state index in [1.165, 1.54) is 13.0 Å². The third kappa shape index (κ3) is 3.64. The first-order valence-corrected chi connectivity index (χ1v) is 6.86. The van der Waals surface area contributed by atoms with Crippen LogP contribution in [0.5, 0.6) is 0 Å². The van der Waals surface area contributed by atoms with Gasteiger partial charge >= 0.3 is 12.1 Å². The van der Waals surface area contributed by atoms with Gasteiger partial charge in [-0.1, -0.05) is 18.2 Å². The summed E-state index contributed by atoms with van der Waals surface area (Å²) < 4.78 is 43.1. The summed E-state index contributed by atoms with van der Waals surface area (Å²) >= 11 is 0. The summed E-state index contributed by atoms with van der Waals surface area (Å²) in [5.74, 6) is -2.57. The minimum absolute atomic E-state index is 0.0622. The number of aromatic amines is 1. The highest BCUT2D eigenvalue weighted by molar-refractivity contribution is 6.00. The van der Waals surface area contributed by atoms with Gasteiger partial charge in [0.25, 0.3) is 5.91 Å². The van der Waals surface area contributed by atoms with Crippen LogP contribution in [0.4, 0.5) is 13.2 Å². The second-order valence-electron chi connectivity index (χ2n) is 4.92. The van der Waals surface area contributed by atoms with Gasteiger partial charge in [-0.15, -0.1) is 0 Å². The number of carbonyl (C=O) groups excluding carboxylic acids is 2. The lowest BCUT2D eigenvalue weighted by atomic mass is 10.2. The predicted molar refractivity (Wildman–Crippen MR) is 77.0 cm³/mol. The number of benzene rings is 1. The normalized spacial score (nSPS) is 12.9. The molecule has 0 aliphatic heterocycles. The monoisotopic (exact) mass is 328 g/mol. The average molecular weight is 328 g/mol. The molecule has 0 radical (unpaired) electrons. The van der Waals surface area contributed by atoms with Gasteiger partial charge in [0.05, 0.1) is 6.61 Å². The van der Waals surface area contributed by atoms with Crippen LogP contribution in [0.2, 0.25) is 0 Å². The van der Waals surface area contributed by atoms with E-state index in [4.69, 9.17) is 0 Å². The van der Waals surface area contributed by atoms with Crippen LogP contribution in [0.3, 0.4) is 0 Å². The molecule has 124 valence electrons. The van der Waals surface area contributed by atoms with E-state index in [-0.39, 0.29) is 12.3 Å². The van der Waals surface area contributed by atoms with Crippen molar-refractivity contribution < 1.29 is 27.5 Å². The van der Waals surface area contributed by atoms with Crippen LogP contribution in [0, 0.1) is 6.92 Å². The average Bonchev–Trinajstić information content (AvgIpc) is 2.89. The lowest BCUT2D eigenvalue weighted by Gasteiger charge is -2.19. The summed E-state index contributed by atoms with van der Waals surface area (Å²) in [5, 5.41) is 2.36. The van der Waals surface area contributed by atoms with E-state index in [0.717, 1.165) is 5.56 Å². The Morgan fingerprint density at radius 3 is 2.61 bits per heavy atom. The SMILES string of the molecule is CCOC(=O)C(NC(=O)c1cc2cccc(C)c2[nH]1)C(F)(F)F. The van der Waals surface area contributed by atoms with Gasteiger partial charge in [-0.3, -0.25) is 4.79 Å². The van der Waals surface area contributed by atoms with Crippen LogP contribution in [0.1, 0.15) is 23.0 Å². The molecule has 1 aromatic carbocycles. The minimum atomic E-state index is -4.94. The predicted octanol–water partition coefficient (Wildman–Crippen LogP) is 2.70. The van der Waals surface area contributed by atoms with Crippen LogP contribution < -0.4 is 5.32 Å². The molecule has 0 aliphatic rings. The van der Waals surface area contributed by atoms with E-state index in [1.54, 1.807) is 30.4 Å². The third-order valence-electron chi connectivity index (χ3n) is 3.23. The van der Waals surface area contributed by atoms with Crippen LogP contribution >= 0.6 is 0 Å². The van der Waals surface area contributed by atoms with E-state index in [2.05, 4.69) is 9.72 Å². The van der Waals surface area contributed by atoms with Gasteiger partial charge in [0, 0.05) is 10.9 Å². The molecule has 1 amide bonds. The van der Waals surface area contributed by atoms with Crippen molar-refractivity contribution in [2.24, 2.45) is 0 Å². The molecule has 0 spiro atoms. The lowest BCUT2D eigenvalue weighted by Crippen LogP contribution is -2.51. The first-order valence-electron chi connectivity index (χ1n) is 6.86. The molecule has 5 nitrogen and oxygen atoms in total. The number of ether oxygens (including phenoxy) is 1. The topological polar surface area (TPSA) is 71.2 Å². The van der Waals surface area contributed by atoms with Gasteiger partial charge < -0.3 is 15.0 Å². The Labute approximate surface area is 129 Å². The van der Waals surface area contributed by atoms with Gasteiger partial charge in [0.15, 0.2) is 0 Å². The summed E-state index contributed by atoms with van der Waals surface area (Å²) in [6, 6.07) is 4.02. The number of halogens is 3. The fraction of sp³-hybridized carbons (Fsp3) is 0.333. The quantitative estimate of drug-likeness (QED) is 0.848. The van der Waals surface area contributed by atoms with E-state index >= 15 is 0 Å². The number of rotatable bonds is 4. The number of aryl methyl sites for hydroxylation is 1. The Morgan fingerprint density at radius 2 is 2.04 bits per heavy atom. The molecule has 1 unspecified atom stereocenters. The second-order valence-corrected chi connectivity index (χ2v) is 4.92. The molecule has 0 bridgehead atoms. The Morgan fingerprint density at radius 1 is 1.35 bits per heavy atom. The zero-order valence-electron chi connectivity index (χ0n) is 12.5. The molecular weight excluding hydrogens is 313 g/mol. The molecule has 2 rings (SSSR count). The highest BCUT2D eigenvalue weighted by Crippen LogP contribution is 2.23. The lowest BCUT2D eigenvalue weighted by molar-refractivity contribution is -0.182. The third-order valence-corrected chi connectivity index (χ3v) is 3.23. The molecule has 1 heterocycles. The summed E-state index contributed by atoms with van der Waals surface area (Å²) in [4.78, 5) is 26.2. The van der Waals surface area contributed by atoms with Crippen molar-refractivity contribution in [1.82, 2.24) is 10.3 Å². The Bertz CT molecular complexity index is 737. The Kier molecular flexibility index (Phi) is 4.63. The summed E-state index contributed by atoms with van der Waals surface area (Å²) in [6.07, 6.45) is -4.94. The number of hydrogen-bond donors (Lipinski definition) is 2. The number of hydrogen-bond acceptors (Lipinski definition) is 3. The fourth-order valence-corrected chi connectivity index (χ4v) is 2.14. The number of fused-ring (bicyclic) bond motifs is 1. The first-order chi connectivity index (χ1) is 10.7. The van der Waals surface area contributed by atoms with Crippen molar-refractivity contribution in [3.05, 3.63) is 35.5 Å². The number of para-hydroxylation sites is 1. The Balaban J connectivity index is 2.26. The zero-order valence-corrected chi connectivity index (χ0v) is 12.5. The highest BCUT2D eigenvalue weighted by atomic mass is 19.4. The fourth-order valence-electron chi connectivity index (χ4n) is 2.14. The highest BCUT2D eigenvalue weighted by Gasteiger charge is 2.47. The molecule has 1 aromatic heterocycles. The number of alkyl halides is 3. The van der Waals surface area contributed by atoms with Crippen molar-refractivity contribution in [3.8, 4) is 0 Å². The maximum atomic E-state index is 12.9. The van der Waals surface area contributed by atoms with Crippen LogP contribution in [0.25, 0.3) is 10.9 Å². The summed E-state index contributed by atoms with van der Waals surface area (Å²) in [5.41, 5.74) is 1.43.